The molecule has 158 valence electrons. The summed E-state index contributed by atoms with van der Waals surface area (Å²) in [5, 5.41) is 7.02. The second-order valence-corrected chi connectivity index (χ2v) is 7.16. The van der Waals surface area contributed by atoms with Gasteiger partial charge in [0.05, 0.1) is 33.7 Å². The van der Waals surface area contributed by atoms with Gasteiger partial charge in [-0.25, -0.2) is 9.78 Å². The Morgan fingerprint density at radius 2 is 1.90 bits per heavy atom. The van der Waals surface area contributed by atoms with Gasteiger partial charge in [0.25, 0.3) is 11.5 Å². The predicted molar refractivity (Wildman–Crippen MR) is 113 cm³/mol. The van der Waals surface area contributed by atoms with E-state index < -0.39 is 18.0 Å². The molecule has 0 fully saturated rings. The number of carbonyl (C=O) groups excluding carboxylic acids is 2. The number of hydrogen-bond acceptors (Lipinski definition) is 6. The number of benzene rings is 1. The highest BCUT2D eigenvalue weighted by atomic mass is 16.5. The molecule has 0 aliphatic carbocycles. The lowest BCUT2D eigenvalue weighted by atomic mass is 10.2. The number of hydrogen-bond donors (Lipinski definition) is 1. The van der Waals surface area contributed by atoms with E-state index in [1.54, 1.807) is 48.3 Å². The van der Waals surface area contributed by atoms with Crippen molar-refractivity contribution in [2.24, 2.45) is 7.05 Å². The van der Waals surface area contributed by atoms with Crippen LogP contribution in [0, 0.1) is 20.8 Å². The highest BCUT2D eigenvalue weighted by Crippen LogP contribution is 2.19. The third kappa shape index (κ3) is 3.83. The molecule has 1 aromatic carbocycles. The first-order valence-electron chi connectivity index (χ1n) is 9.67. The number of esters is 1. The van der Waals surface area contributed by atoms with Crippen LogP contribution in [0.3, 0.4) is 0 Å². The minimum atomic E-state index is -1.01. The van der Waals surface area contributed by atoms with E-state index in [-0.39, 0.29) is 11.1 Å². The lowest BCUT2D eigenvalue weighted by Crippen LogP contribution is -2.30. The van der Waals surface area contributed by atoms with Gasteiger partial charge in [-0.15, -0.1) is 0 Å². The van der Waals surface area contributed by atoms with Crippen molar-refractivity contribution in [2.75, 3.05) is 5.32 Å². The molecule has 30 heavy (non-hydrogen) atoms. The average molecular weight is 411 g/mol. The van der Waals surface area contributed by atoms with Gasteiger partial charge < -0.3 is 14.6 Å². The van der Waals surface area contributed by atoms with Gasteiger partial charge in [0.2, 0.25) is 0 Å². The summed E-state index contributed by atoms with van der Waals surface area (Å²) < 4.78 is 8.61. The molecule has 0 radical (unpaired) electrons. The fourth-order valence-electron chi connectivity index (χ4n) is 3.28. The summed E-state index contributed by atoms with van der Waals surface area (Å²) in [5.74, 6) is -1.09. The summed E-state index contributed by atoms with van der Waals surface area (Å²) in [6, 6.07) is 4.79. The Kier molecular flexibility index (Phi) is 5.73. The molecule has 9 heteroatoms. The second-order valence-electron chi connectivity index (χ2n) is 7.16. The minimum absolute atomic E-state index is 0.161. The lowest BCUT2D eigenvalue weighted by Gasteiger charge is -2.14. The Morgan fingerprint density at radius 3 is 2.50 bits per heavy atom. The van der Waals surface area contributed by atoms with Crippen molar-refractivity contribution >= 4 is 28.6 Å². The van der Waals surface area contributed by atoms with Crippen molar-refractivity contribution in [1.29, 1.82) is 0 Å². The number of ether oxygens (including phenoxy) is 1. The third-order valence-corrected chi connectivity index (χ3v) is 5.07. The molecule has 1 N–H and O–H groups in total. The number of aryl methyl sites for hydroxylation is 4. The molecule has 2 aromatic heterocycles. The van der Waals surface area contributed by atoms with Gasteiger partial charge in [0.1, 0.15) is 5.69 Å². The summed E-state index contributed by atoms with van der Waals surface area (Å²) in [6.07, 6.45) is -1.01. The number of nitrogens with one attached hydrogen (secondary N) is 1. The largest absolute Gasteiger partial charge is 0.449 e. The van der Waals surface area contributed by atoms with Crippen LogP contribution in [-0.4, -0.2) is 37.3 Å². The van der Waals surface area contributed by atoms with Crippen LogP contribution >= 0.6 is 0 Å². The number of rotatable bonds is 5. The van der Waals surface area contributed by atoms with Crippen LogP contribution in [0.1, 0.15) is 41.3 Å². The molecule has 0 spiro atoms. The number of carbonyl (C=O) groups is 2. The van der Waals surface area contributed by atoms with Crippen molar-refractivity contribution in [1.82, 2.24) is 19.3 Å². The van der Waals surface area contributed by atoms with Gasteiger partial charge in [0.15, 0.2) is 6.10 Å². The van der Waals surface area contributed by atoms with Crippen LogP contribution in [0.4, 0.5) is 5.69 Å². The first-order chi connectivity index (χ1) is 14.1. The van der Waals surface area contributed by atoms with Crippen LogP contribution in [0.15, 0.2) is 23.0 Å². The molecule has 0 unspecified atom stereocenters. The van der Waals surface area contributed by atoms with E-state index >= 15 is 0 Å². The van der Waals surface area contributed by atoms with E-state index in [1.165, 1.54) is 6.92 Å². The monoisotopic (exact) mass is 411 g/mol. The fourth-order valence-corrected chi connectivity index (χ4v) is 3.28. The van der Waals surface area contributed by atoms with Crippen molar-refractivity contribution < 1.29 is 14.3 Å². The summed E-state index contributed by atoms with van der Waals surface area (Å²) in [7, 11) is 1.79. The summed E-state index contributed by atoms with van der Waals surface area (Å²) in [5.41, 5.74) is 3.69. The molecule has 0 aliphatic heterocycles. The molecule has 9 nitrogen and oxygen atoms in total. The van der Waals surface area contributed by atoms with Crippen LogP contribution in [0.25, 0.3) is 11.0 Å². The lowest BCUT2D eigenvalue weighted by molar-refractivity contribution is -0.123. The molecular weight excluding hydrogens is 386 g/mol. The van der Waals surface area contributed by atoms with Gasteiger partial charge in [-0.1, -0.05) is 0 Å². The molecule has 2 heterocycles. The standard InChI is InChI=1S/C21H25N5O4/c1-7-26-17-9-8-15(10-16(17)22-12(3)20(26)28)21(29)30-14(5)19(27)23-18-11(2)24-25(6)13(18)4/h8-10,14H,7H2,1-6H3,(H,23,27)/t14-/m0/s1. The molecule has 0 saturated heterocycles. The van der Waals surface area contributed by atoms with E-state index in [9.17, 15) is 14.4 Å². The van der Waals surface area contributed by atoms with Crippen molar-refractivity contribution in [3.8, 4) is 0 Å². The highest BCUT2D eigenvalue weighted by molar-refractivity contribution is 5.99. The van der Waals surface area contributed by atoms with Crippen LogP contribution in [0.5, 0.6) is 0 Å². The van der Waals surface area contributed by atoms with E-state index in [2.05, 4.69) is 15.4 Å². The zero-order valence-corrected chi connectivity index (χ0v) is 17.9. The predicted octanol–water partition coefficient (Wildman–Crippen LogP) is 2.26. The molecule has 1 atom stereocenters. The molecule has 3 aromatic rings. The molecule has 0 bridgehead atoms. The molecule has 0 saturated carbocycles. The average Bonchev–Trinajstić information content (AvgIpc) is 2.94. The van der Waals surface area contributed by atoms with E-state index in [1.807, 2.05) is 13.8 Å². The number of anilines is 1. The number of nitrogens with zero attached hydrogens (tertiary/aromatic N) is 4. The van der Waals surface area contributed by atoms with Crippen LogP contribution < -0.4 is 10.9 Å². The minimum Gasteiger partial charge on any atom is -0.449 e. The molecule has 0 aliphatic rings. The quantitative estimate of drug-likeness (QED) is 0.645. The SMILES string of the molecule is CCn1c(=O)c(C)nc2cc(C(=O)O[C@@H](C)C(=O)Nc3c(C)nn(C)c3C)ccc21. The summed E-state index contributed by atoms with van der Waals surface area (Å²) in [6.45, 7) is 9.13. The Morgan fingerprint density at radius 1 is 1.20 bits per heavy atom. The van der Waals surface area contributed by atoms with Gasteiger partial charge >= 0.3 is 5.97 Å². The topological polar surface area (TPSA) is 108 Å². The summed E-state index contributed by atoms with van der Waals surface area (Å²) >= 11 is 0. The Labute approximate surface area is 173 Å². The third-order valence-electron chi connectivity index (χ3n) is 5.07. The van der Waals surface area contributed by atoms with Gasteiger partial charge in [-0.3, -0.25) is 14.3 Å². The maximum absolute atomic E-state index is 12.6. The molecule has 3 rings (SSSR count). The van der Waals surface area contributed by atoms with E-state index in [0.29, 0.717) is 34.7 Å². The Bertz CT molecular complexity index is 1210. The van der Waals surface area contributed by atoms with Crippen LogP contribution in [-0.2, 0) is 23.1 Å². The molecular formula is C21H25N5O4. The smallest absolute Gasteiger partial charge is 0.338 e. The maximum atomic E-state index is 12.6. The normalized spacial score (nSPS) is 12.1. The van der Waals surface area contributed by atoms with E-state index in [0.717, 1.165) is 5.69 Å². The first kappa shape index (κ1) is 21.2. The number of aromatic nitrogens is 4. The maximum Gasteiger partial charge on any atom is 0.338 e. The molecule has 1 amide bonds. The van der Waals surface area contributed by atoms with Crippen LogP contribution in [0.2, 0.25) is 0 Å². The fraction of sp³-hybridized carbons (Fsp3) is 0.381. The summed E-state index contributed by atoms with van der Waals surface area (Å²) in [4.78, 5) is 41.6. The van der Waals surface area contributed by atoms with Crippen molar-refractivity contribution in [3.05, 3.63) is 51.2 Å². The van der Waals surface area contributed by atoms with Gasteiger partial charge in [-0.05, 0) is 52.8 Å². The van der Waals surface area contributed by atoms with Gasteiger partial charge in [-0.2, -0.15) is 5.10 Å². The van der Waals surface area contributed by atoms with Crippen molar-refractivity contribution in [3.63, 3.8) is 0 Å². The number of amides is 1. The van der Waals surface area contributed by atoms with E-state index in [4.69, 9.17) is 4.74 Å². The zero-order chi connectivity index (χ0) is 22.2. The van der Waals surface area contributed by atoms with Gasteiger partial charge in [0, 0.05) is 13.6 Å². The second kappa shape index (κ2) is 8.10. The highest BCUT2D eigenvalue weighted by Gasteiger charge is 2.22. The first-order valence-corrected chi connectivity index (χ1v) is 9.67. The Balaban J connectivity index is 1.79. The van der Waals surface area contributed by atoms with Crippen molar-refractivity contribution in [2.45, 2.75) is 47.3 Å². The zero-order valence-electron chi connectivity index (χ0n) is 17.9. The number of fused-ring (bicyclic) bond motifs is 1. The Hall–Kier alpha value is -3.49.